The van der Waals surface area contributed by atoms with Crippen LogP contribution >= 0.6 is 34.8 Å². The number of halogens is 3. The second-order valence-corrected chi connectivity index (χ2v) is 15.5. The number of benzene rings is 4. The zero-order valence-corrected chi connectivity index (χ0v) is 33.9. The first-order valence-corrected chi connectivity index (χ1v) is 18.8. The van der Waals surface area contributed by atoms with Crippen LogP contribution in [0.1, 0.15) is 75.9 Å². The number of hydrogen-bond acceptors (Lipinski definition) is 8. The van der Waals surface area contributed by atoms with Gasteiger partial charge in [0.1, 0.15) is 17.2 Å². The van der Waals surface area contributed by atoms with Crippen LogP contribution in [0.3, 0.4) is 0 Å². The van der Waals surface area contributed by atoms with Crippen LogP contribution in [0, 0.1) is 0 Å². The topological polar surface area (TPSA) is 134 Å². The lowest BCUT2D eigenvalue weighted by molar-refractivity contribution is -0.118. The zero-order chi connectivity index (χ0) is 40.1. The fourth-order valence-electron chi connectivity index (χ4n) is 5.55. The molecule has 1 aliphatic rings. The van der Waals surface area contributed by atoms with E-state index < -0.39 is 17.9 Å². The van der Waals surface area contributed by atoms with Crippen LogP contribution < -0.4 is 25.1 Å². The number of azo groups is 1. The Labute approximate surface area is 336 Å². The second-order valence-electron chi connectivity index (χ2n) is 14.2. The highest BCUT2D eigenvalue weighted by atomic mass is 35.5. The fraction of sp³-hybridized carbons (Fsp3) is 0.317. The summed E-state index contributed by atoms with van der Waals surface area (Å²) in [7, 11) is 1.54. The van der Waals surface area contributed by atoms with E-state index in [9.17, 15) is 14.4 Å². The third-order valence-electron chi connectivity index (χ3n) is 9.75. The van der Waals surface area contributed by atoms with Gasteiger partial charge in [-0.05, 0) is 96.0 Å². The molecule has 4 aromatic rings. The predicted molar refractivity (Wildman–Crippen MR) is 219 cm³/mol. The van der Waals surface area contributed by atoms with E-state index in [1.807, 2.05) is 6.07 Å². The lowest BCUT2D eigenvalue weighted by Crippen LogP contribution is -2.39. The van der Waals surface area contributed by atoms with Gasteiger partial charge < -0.3 is 20.1 Å². The first-order chi connectivity index (χ1) is 26.1. The number of nitrogens with zero attached hydrogens (tertiary/aromatic N) is 4. The number of anilines is 2. The predicted octanol–water partition coefficient (Wildman–Crippen LogP) is 10.3. The number of hydrazone groups is 1. The Balaban J connectivity index is 1.30. The van der Waals surface area contributed by atoms with E-state index >= 15 is 0 Å². The van der Waals surface area contributed by atoms with Crippen molar-refractivity contribution in [1.82, 2.24) is 5.32 Å². The molecule has 3 amide bonds. The molecule has 0 radical (unpaired) electrons. The highest BCUT2D eigenvalue weighted by molar-refractivity contribution is 6.43. The van der Waals surface area contributed by atoms with Gasteiger partial charge in [0.15, 0.2) is 12.4 Å². The monoisotopic (exact) mass is 804 g/mol. The molecule has 1 aliphatic heterocycles. The Kier molecular flexibility index (Phi) is 12.9. The summed E-state index contributed by atoms with van der Waals surface area (Å²) in [5.74, 6) is -0.443. The standard InChI is InChI=1S/C41H43Cl3N6O5/c1-8-40(3,4)25-12-19-33(30(20-25)41(5,6)9-2)55-23-34(51)45-27-13-10-24(11-14-27)38(52)46-37-35(48-47-28-15-17-29(54-7)18-16-28)39(53)50(49-37)36-31(43)21-26(42)22-32(36)44/h10-22,35H,8-9,23H2,1-7H3,(H,45,51)(H,46,49,52)/t35-/m0/s1. The first kappa shape index (κ1) is 41.2. The summed E-state index contributed by atoms with van der Waals surface area (Å²) in [5.41, 5.74) is 3.30. The van der Waals surface area contributed by atoms with Crippen LogP contribution in [0.25, 0.3) is 0 Å². The Hall–Kier alpha value is -4.97. The van der Waals surface area contributed by atoms with Gasteiger partial charge in [-0.25, -0.2) is 0 Å². The molecule has 14 heteroatoms. The molecule has 1 atom stereocenters. The lowest BCUT2D eigenvalue weighted by Gasteiger charge is -2.30. The van der Waals surface area contributed by atoms with Gasteiger partial charge in [0.25, 0.3) is 17.7 Å². The largest absolute Gasteiger partial charge is 0.497 e. The van der Waals surface area contributed by atoms with E-state index in [-0.39, 0.29) is 55.5 Å². The highest BCUT2D eigenvalue weighted by Gasteiger charge is 2.40. The molecule has 0 aliphatic carbocycles. The summed E-state index contributed by atoms with van der Waals surface area (Å²) in [6, 6.07) is 20.6. The second kappa shape index (κ2) is 17.2. The summed E-state index contributed by atoms with van der Waals surface area (Å²) >= 11 is 18.9. The number of amidine groups is 1. The number of ether oxygens (including phenoxy) is 2. The number of nitrogens with one attached hydrogen (secondary N) is 2. The third-order valence-corrected chi connectivity index (χ3v) is 10.5. The van der Waals surface area contributed by atoms with E-state index in [0.29, 0.717) is 22.9 Å². The van der Waals surface area contributed by atoms with Gasteiger partial charge in [0.2, 0.25) is 6.04 Å². The molecule has 0 spiro atoms. The van der Waals surface area contributed by atoms with E-state index in [1.165, 1.54) is 36.9 Å². The van der Waals surface area contributed by atoms with Crippen LogP contribution in [-0.4, -0.2) is 43.3 Å². The molecule has 0 unspecified atom stereocenters. The molecule has 288 valence electrons. The SMILES string of the molecule is CCC(C)(C)c1ccc(OCC(=O)Nc2ccc(C(=O)NC3=NN(c4c(Cl)cc(Cl)cc4Cl)C(=O)[C@H]3N=Nc3ccc(OC)cc3)cc2)c(C(C)(C)CC)c1. The van der Waals surface area contributed by atoms with Crippen molar-refractivity contribution >= 4 is 75.4 Å². The van der Waals surface area contributed by atoms with Crippen molar-refractivity contribution in [2.24, 2.45) is 15.3 Å². The molecule has 5 rings (SSSR count). The number of carbonyl (C=O) groups excluding carboxylic acids is 3. The Morgan fingerprint density at radius 1 is 0.855 bits per heavy atom. The summed E-state index contributed by atoms with van der Waals surface area (Å²) in [6.07, 6.45) is 1.88. The van der Waals surface area contributed by atoms with Crippen molar-refractivity contribution < 1.29 is 23.9 Å². The van der Waals surface area contributed by atoms with Crippen LogP contribution in [0.2, 0.25) is 15.1 Å². The Morgan fingerprint density at radius 3 is 2.09 bits per heavy atom. The zero-order valence-electron chi connectivity index (χ0n) is 31.7. The molecule has 1 heterocycles. The Bertz CT molecular complexity index is 2110. The molecular weight excluding hydrogens is 763 g/mol. The molecule has 0 aromatic heterocycles. The maximum atomic E-state index is 13.7. The van der Waals surface area contributed by atoms with Crippen LogP contribution in [0.5, 0.6) is 11.5 Å². The molecule has 55 heavy (non-hydrogen) atoms. The van der Waals surface area contributed by atoms with Crippen molar-refractivity contribution in [2.45, 2.75) is 71.3 Å². The van der Waals surface area contributed by atoms with E-state index in [1.54, 1.807) is 36.4 Å². The average Bonchev–Trinajstić information content (AvgIpc) is 3.45. The van der Waals surface area contributed by atoms with E-state index in [4.69, 9.17) is 44.3 Å². The van der Waals surface area contributed by atoms with Gasteiger partial charge in [0, 0.05) is 21.8 Å². The smallest absolute Gasteiger partial charge is 0.282 e. The normalized spacial score (nSPS) is 14.6. The van der Waals surface area contributed by atoms with Crippen molar-refractivity contribution in [3.63, 3.8) is 0 Å². The molecule has 0 fully saturated rings. The molecule has 11 nitrogen and oxygen atoms in total. The maximum Gasteiger partial charge on any atom is 0.282 e. The highest BCUT2D eigenvalue weighted by Crippen LogP contribution is 2.40. The molecule has 0 saturated carbocycles. The molecular formula is C41H43Cl3N6O5. The van der Waals surface area contributed by atoms with Gasteiger partial charge in [-0.1, -0.05) is 88.5 Å². The minimum absolute atomic E-state index is 0.00455. The number of methoxy groups -OCH3 is 1. The van der Waals surface area contributed by atoms with Gasteiger partial charge in [-0.15, -0.1) is 5.10 Å². The van der Waals surface area contributed by atoms with E-state index in [2.05, 4.69) is 79.6 Å². The molecule has 4 aromatic carbocycles. The number of carbonyl (C=O) groups is 3. The van der Waals surface area contributed by atoms with Crippen molar-refractivity contribution in [3.8, 4) is 11.5 Å². The number of rotatable bonds is 13. The van der Waals surface area contributed by atoms with Crippen molar-refractivity contribution in [3.05, 3.63) is 111 Å². The maximum absolute atomic E-state index is 13.7. The number of amides is 3. The summed E-state index contributed by atoms with van der Waals surface area (Å²) in [6.45, 7) is 12.9. The molecule has 0 bridgehead atoms. The fourth-order valence-corrected chi connectivity index (χ4v) is 6.52. The van der Waals surface area contributed by atoms with Gasteiger partial charge >= 0.3 is 0 Å². The minimum atomic E-state index is -1.34. The average molecular weight is 806 g/mol. The molecule has 0 saturated heterocycles. The van der Waals surface area contributed by atoms with Crippen molar-refractivity contribution in [2.75, 3.05) is 24.0 Å². The summed E-state index contributed by atoms with van der Waals surface area (Å²) in [5, 5.41) is 19.6. The Morgan fingerprint density at radius 2 is 1.49 bits per heavy atom. The van der Waals surface area contributed by atoms with Crippen LogP contribution in [0.4, 0.5) is 17.1 Å². The third kappa shape index (κ3) is 9.65. The van der Waals surface area contributed by atoms with E-state index in [0.717, 1.165) is 23.4 Å². The first-order valence-electron chi connectivity index (χ1n) is 17.7. The summed E-state index contributed by atoms with van der Waals surface area (Å²) < 4.78 is 11.3. The van der Waals surface area contributed by atoms with Gasteiger partial charge in [0.05, 0.1) is 22.8 Å². The van der Waals surface area contributed by atoms with Crippen molar-refractivity contribution in [1.29, 1.82) is 0 Å². The van der Waals surface area contributed by atoms with Gasteiger partial charge in [-0.3, -0.25) is 14.4 Å². The summed E-state index contributed by atoms with van der Waals surface area (Å²) in [4.78, 5) is 40.1. The van der Waals surface area contributed by atoms with Crippen LogP contribution in [-0.2, 0) is 20.4 Å². The lowest BCUT2D eigenvalue weighted by atomic mass is 9.76. The quantitative estimate of drug-likeness (QED) is 0.130. The van der Waals surface area contributed by atoms with Gasteiger partial charge in [-0.2, -0.15) is 15.2 Å². The number of hydrogen-bond donors (Lipinski definition) is 2. The minimum Gasteiger partial charge on any atom is -0.497 e. The van der Waals surface area contributed by atoms with Crippen LogP contribution in [0.15, 0.2) is 94.2 Å². The molecule has 2 N–H and O–H groups in total.